The Morgan fingerprint density at radius 1 is 1.21 bits per heavy atom. The predicted molar refractivity (Wildman–Crippen MR) is 56.0 cm³/mol. The molecule has 1 aliphatic rings. The van der Waals surface area contributed by atoms with Crippen LogP contribution < -0.4 is 0 Å². The zero-order valence-corrected chi connectivity index (χ0v) is 9.21. The zero-order valence-electron chi connectivity index (χ0n) is 9.21. The van der Waals surface area contributed by atoms with Crippen LogP contribution in [-0.2, 0) is 9.59 Å². The Balaban J connectivity index is 2.32. The molecule has 80 valence electrons. The molecule has 0 aliphatic heterocycles. The molecule has 2 unspecified atom stereocenters. The predicted octanol–water partition coefficient (Wildman–Crippen LogP) is 2.75. The third-order valence-corrected chi connectivity index (χ3v) is 3.12. The Labute approximate surface area is 86.1 Å². The van der Waals surface area contributed by atoms with E-state index in [0.717, 1.165) is 12.8 Å². The zero-order chi connectivity index (χ0) is 10.6. The van der Waals surface area contributed by atoms with Crippen molar-refractivity contribution in [2.24, 2.45) is 11.8 Å². The Hall–Kier alpha value is -0.660. The van der Waals surface area contributed by atoms with Gasteiger partial charge in [-0.25, -0.2) is 0 Å². The first-order valence-corrected chi connectivity index (χ1v) is 5.61. The van der Waals surface area contributed by atoms with E-state index in [9.17, 15) is 9.59 Å². The summed E-state index contributed by atoms with van der Waals surface area (Å²) >= 11 is 0. The highest BCUT2D eigenvalue weighted by atomic mass is 16.1. The lowest BCUT2D eigenvalue weighted by Crippen LogP contribution is -2.22. The molecule has 0 N–H and O–H groups in total. The van der Waals surface area contributed by atoms with Crippen LogP contribution in [0.15, 0.2) is 0 Å². The van der Waals surface area contributed by atoms with E-state index in [0.29, 0.717) is 24.5 Å². The molecule has 0 aromatic rings. The smallest absolute Gasteiger partial charge is 0.136 e. The first-order valence-electron chi connectivity index (χ1n) is 5.61. The average molecular weight is 196 g/mol. The fourth-order valence-electron chi connectivity index (χ4n) is 2.23. The minimum Gasteiger partial charge on any atom is -0.300 e. The summed E-state index contributed by atoms with van der Waals surface area (Å²) in [6.07, 6.45) is 5.42. The number of hydrogen-bond acceptors (Lipinski definition) is 2. The highest BCUT2D eigenvalue weighted by molar-refractivity contribution is 5.86. The van der Waals surface area contributed by atoms with E-state index in [1.54, 1.807) is 6.92 Å². The topological polar surface area (TPSA) is 34.1 Å². The van der Waals surface area contributed by atoms with Crippen molar-refractivity contribution in [3.8, 4) is 0 Å². The van der Waals surface area contributed by atoms with Gasteiger partial charge in [-0.05, 0) is 25.7 Å². The van der Waals surface area contributed by atoms with Crippen LogP contribution in [0.1, 0.15) is 52.4 Å². The molecule has 0 heterocycles. The van der Waals surface area contributed by atoms with Crippen molar-refractivity contribution >= 4 is 11.6 Å². The first-order chi connectivity index (χ1) is 6.59. The highest BCUT2D eigenvalue weighted by Crippen LogP contribution is 2.29. The molecule has 0 spiro atoms. The molecule has 0 aromatic carbocycles. The quantitative estimate of drug-likeness (QED) is 0.692. The number of hydrogen-bond donors (Lipinski definition) is 0. The third-order valence-electron chi connectivity index (χ3n) is 3.12. The summed E-state index contributed by atoms with van der Waals surface area (Å²) in [6, 6.07) is 0. The summed E-state index contributed by atoms with van der Waals surface area (Å²) in [7, 11) is 0. The van der Waals surface area contributed by atoms with Crippen molar-refractivity contribution in [3.63, 3.8) is 0 Å². The molecule has 1 saturated carbocycles. The van der Waals surface area contributed by atoms with E-state index in [1.807, 2.05) is 0 Å². The van der Waals surface area contributed by atoms with Gasteiger partial charge in [0, 0.05) is 18.8 Å². The molecule has 0 amide bonds. The van der Waals surface area contributed by atoms with Crippen molar-refractivity contribution in [2.45, 2.75) is 52.4 Å². The number of ketones is 2. The summed E-state index contributed by atoms with van der Waals surface area (Å²) in [4.78, 5) is 22.4. The van der Waals surface area contributed by atoms with Crippen LogP contribution in [0.5, 0.6) is 0 Å². The van der Waals surface area contributed by atoms with E-state index in [2.05, 4.69) is 6.92 Å². The fraction of sp³-hybridized carbons (Fsp3) is 0.833. The summed E-state index contributed by atoms with van der Waals surface area (Å²) in [5, 5.41) is 0. The van der Waals surface area contributed by atoms with Gasteiger partial charge in [0.05, 0.1) is 0 Å². The maximum atomic E-state index is 11.7. The van der Waals surface area contributed by atoms with Crippen molar-refractivity contribution in [1.29, 1.82) is 0 Å². The largest absolute Gasteiger partial charge is 0.300 e. The van der Waals surface area contributed by atoms with Gasteiger partial charge in [-0.3, -0.25) is 4.79 Å². The summed E-state index contributed by atoms with van der Waals surface area (Å²) in [5.41, 5.74) is 0. The molecule has 0 saturated heterocycles. The molecule has 0 radical (unpaired) electrons. The van der Waals surface area contributed by atoms with E-state index < -0.39 is 0 Å². The maximum Gasteiger partial charge on any atom is 0.136 e. The van der Waals surface area contributed by atoms with E-state index in [4.69, 9.17) is 0 Å². The van der Waals surface area contributed by atoms with Gasteiger partial charge in [-0.1, -0.05) is 19.8 Å². The maximum absolute atomic E-state index is 11.7. The standard InChI is InChI=1S/C12H20O2/c1-9-4-3-5-11(8-9)12(14)7-6-10(2)13/h9,11H,3-8H2,1-2H3. The van der Waals surface area contributed by atoms with Crippen LogP contribution in [-0.4, -0.2) is 11.6 Å². The highest BCUT2D eigenvalue weighted by Gasteiger charge is 2.24. The second-order valence-electron chi connectivity index (χ2n) is 4.64. The number of carbonyl (C=O) groups is 2. The lowest BCUT2D eigenvalue weighted by molar-refractivity contribution is -0.127. The number of rotatable bonds is 4. The van der Waals surface area contributed by atoms with Crippen molar-refractivity contribution in [1.82, 2.24) is 0 Å². The molecule has 2 atom stereocenters. The van der Waals surface area contributed by atoms with E-state index in [1.165, 1.54) is 12.8 Å². The number of carbonyl (C=O) groups excluding carboxylic acids is 2. The minimum absolute atomic E-state index is 0.127. The molecular weight excluding hydrogens is 176 g/mol. The second-order valence-corrected chi connectivity index (χ2v) is 4.64. The van der Waals surface area contributed by atoms with Gasteiger partial charge in [0.2, 0.25) is 0 Å². The molecule has 0 aromatic heterocycles. The van der Waals surface area contributed by atoms with Gasteiger partial charge in [-0.2, -0.15) is 0 Å². The molecule has 2 nitrogen and oxygen atoms in total. The van der Waals surface area contributed by atoms with Gasteiger partial charge >= 0.3 is 0 Å². The molecule has 2 heteroatoms. The molecule has 1 fully saturated rings. The molecule has 1 rings (SSSR count). The van der Waals surface area contributed by atoms with Gasteiger partial charge in [-0.15, -0.1) is 0 Å². The van der Waals surface area contributed by atoms with Crippen LogP contribution >= 0.6 is 0 Å². The van der Waals surface area contributed by atoms with E-state index >= 15 is 0 Å². The fourth-order valence-corrected chi connectivity index (χ4v) is 2.23. The minimum atomic E-state index is 0.127. The summed E-state index contributed by atoms with van der Waals surface area (Å²) < 4.78 is 0. The Morgan fingerprint density at radius 2 is 1.93 bits per heavy atom. The SMILES string of the molecule is CC(=O)CCC(=O)C1CCCC(C)C1. The van der Waals surface area contributed by atoms with Gasteiger partial charge in [0.25, 0.3) is 0 Å². The van der Waals surface area contributed by atoms with Gasteiger partial charge in [0.1, 0.15) is 11.6 Å². The number of Topliss-reactive ketones (excluding diaryl/α,β-unsaturated/α-hetero) is 2. The molecular formula is C12H20O2. The van der Waals surface area contributed by atoms with E-state index in [-0.39, 0.29) is 11.7 Å². The average Bonchev–Trinajstić information content (AvgIpc) is 2.14. The first kappa shape index (κ1) is 11.4. The Bertz CT molecular complexity index is 220. The van der Waals surface area contributed by atoms with Crippen LogP contribution in [0.4, 0.5) is 0 Å². The van der Waals surface area contributed by atoms with Crippen LogP contribution in [0.3, 0.4) is 0 Å². The van der Waals surface area contributed by atoms with Gasteiger partial charge in [0.15, 0.2) is 0 Å². The summed E-state index contributed by atoms with van der Waals surface area (Å²) in [5.74, 6) is 1.38. The Kier molecular flexibility index (Phi) is 4.30. The van der Waals surface area contributed by atoms with Crippen LogP contribution in [0.2, 0.25) is 0 Å². The third kappa shape index (κ3) is 3.60. The normalized spacial score (nSPS) is 27.3. The van der Waals surface area contributed by atoms with Crippen molar-refractivity contribution in [3.05, 3.63) is 0 Å². The molecule has 14 heavy (non-hydrogen) atoms. The second kappa shape index (κ2) is 5.28. The molecule has 0 bridgehead atoms. The van der Waals surface area contributed by atoms with Crippen molar-refractivity contribution < 1.29 is 9.59 Å². The van der Waals surface area contributed by atoms with Crippen LogP contribution in [0, 0.1) is 11.8 Å². The monoisotopic (exact) mass is 196 g/mol. The summed E-state index contributed by atoms with van der Waals surface area (Å²) in [6.45, 7) is 3.77. The van der Waals surface area contributed by atoms with Crippen LogP contribution in [0.25, 0.3) is 0 Å². The lowest BCUT2D eigenvalue weighted by Gasteiger charge is -2.25. The Morgan fingerprint density at radius 3 is 2.50 bits per heavy atom. The molecule has 1 aliphatic carbocycles. The van der Waals surface area contributed by atoms with Crippen molar-refractivity contribution in [2.75, 3.05) is 0 Å². The lowest BCUT2D eigenvalue weighted by atomic mass is 9.79. The van der Waals surface area contributed by atoms with Gasteiger partial charge < -0.3 is 4.79 Å².